The molecule has 1 fully saturated rings. The van der Waals surface area contributed by atoms with Crippen molar-refractivity contribution in [2.75, 3.05) is 44.8 Å². The second-order valence-corrected chi connectivity index (χ2v) is 8.20. The largest absolute Gasteiger partial charge is 0.497 e. The molecular weight excluding hydrogens is 420 g/mol. The molecule has 0 spiro atoms. The number of benzene rings is 2. The van der Waals surface area contributed by atoms with Crippen LogP contribution in [0.3, 0.4) is 0 Å². The molecule has 1 N–H and O–H groups in total. The van der Waals surface area contributed by atoms with E-state index in [9.17, 15) is 9.59 Å². The van der Waals surface area contributed by atoms with Crippen LogP contribution in [0.2, 0.25) is 0 Å². The quantitative estimate of drug-likeness (QED) is 0.557. The fourth-order valence-corrected chi connectivity index (χ4v) is 4.29. The van der Waals surface area contributed by atoms with Crippen molar-refractivity contribution in [1.82, 2.24) is 10.2 Å². The molecule has 0 unspecified atom stereocenters. The molecule has 1 amide bonds. The van der Waals surface area contributed by atoms with Gasteiger partial charge in [0.2, 0.25) is 11.9 Å². The van der Waals surface area contributed by atoms with Crippen LogP contribution in [0.25, 0.3) is 0 Å². The number of amides is 1. The maximum atomic E-state index is 13.0. The van der Waals surface area contributed by atoms with Gasteiger partial charge in [0, 0.05) is 31.9 Å². The molecule has 0 bridgehead atoms. The van der Waals surface area contributed by atoms with Crippen molar-refractivity contribution >= 4 is 23.5 Å². The summed E-state index contributed by atoms with van der Waals surface area (Å²) in [6.07, 6.45) is 0. The summed E-state index contributed by atoms with van der Waals surface area (Å²) >= 11 is 0. The lowest BCUT2D eigenvalue weighted by Crippen LogP contribution is -2.57. The number of methoxy groups -OCH3 is 1. The summed E-state index contributed by atoms with van der Waals surface area (Å²) < 4.78 is 10.4. The van der Waals surface area contributed by atoms with Crippen LogP contribution in [0.15, 0.2) is 53.5 Å². The van der Waals surface area contributed by atoms with E-state index in [4.69, 9.17) is 14.5 Å². The number of aliphatic imine (C=N–C) groups is 1. The van der Waals surface area contributed by atoms with Crippen molar-refractivity contribution in [3.63, 3.8) is 0 Å². The van der Waals surface area contributed by atoms with Crippen molar-refractivity contribution in [1.29, 1.82) is 0 Å². The number of hydrogen-bond donors (Lipinski definition) is 1. The minimum absolute atomic E-state index is 0.215. The summed E-state index contributed by atoms with van der Waals surface area (Å²) in [4.78, 5) is 34.9. The Bertz CT molecular complexity index is 1030. The van der Waals surface area contributed by atoms with Gasteiger partial charge in [-0.1, -0.05) is 29.8 Å². The predicted molar refractivity (Wildman–Crippen MR) is 126 cm³/mol. The summed E-state index contributed by atoms with van der Waals surface area (Å²) in [7, 11) is 1.66. The SMILES string of the molecule is CCOC(=O)[C@H]1C(=O)NC(N2CCN(c3ccc(OC)cc3)CC2)=N[C@H]1c1cccc(C)c1. The standard InChI is InChI=1S/C25H30N4O4/c1-4-33-24(31)21-22(18-7-5-6-17(2)16-18)26-25(27-23(21)30)29-14-12-28(13-15-29)19-8-10-20(32-3)11-9-19/h5-11,16,21-22H,4,12-15H2,1-3H3,(H,26,27,30)/t21-,22+/m1/s1. The molecule has 8 nitrogen and oxygen atoms in total. The van der Waals surface area contributed by atoms with Gasteiger partial charge in [-0.25, -0.2) is 4.99 Å². The van der Waals surface area contributed by atoms with Gasteiger partial charge in [-0.15, -0.1) is 0 Å². The predicted octanol–water partition coefficient (Wildman–Crippen LogP) is 2.53. The van der Waals surface area contributed by atoms with Gasteiger partial charge < -0.3 is 19.3 Å². The molecule has 8 heteroatoms. The first-order chi connectivity index (χ1) is 16.0. The normalized spacial score (nSPS) is 20.7. The first kappa shape index (κ1) is 22.6. The van der Waals surface area contributed by atoms with Crippen LogP contribution in [0.5, 0.6) is 5.75 Å². The summed E-state index contributed by atoms with van der Waals surface area (Å²) in [5.41, 5.74) is 3.01. The highest BCUT2D eigenvalue weighted by molar-refractivity contribution is 6.08. The van der Waals surface area contributed by atoms with E-state index in [0.29, 0.717) is 19.0 Å². The van der Waals surface area contributed by atoms with Crippen LogP contribution in [0, 0.1) is 12.8 Å². The number of ether oxygens (including phenoxy) is 2. The van der Waals surface area contributed by atoms with Crippen LogP contribution in [0.4, 0.5) is 5.69 Å². The van der Waals surface area contributed by atoms with Gasteiger partial charge in [-0.05, 0) is 43.7 Å². The Morgan fingerprint density at radius 3 is 2.42 bits per heavy atom. The number of rotatable bonds is 5. The van der Waals surface area contributed by atoms with Crippen LogP contribution in [-0.4, -0.2) is 62.6 Å². The summed E-state index contributed by atoms with van der Waals surface area (Å²) in [6.45, 7) is 6.92. The highest BCUT2D eigenvalue weighted by atomic mass is 16.5. The zero-order valence-electron chi connectivity index (χ0n) is 19.3. The molecule has 2 atom stereocenters. The van der Waals surface area contributed by atoms with Gasteiger partial charge in [0.05, 0.1) is 13.7 Å². The van der Waals surface area contributed by atoms with Crippen molar-refractivity contribution in [2.45, 2.75) is 19.9 Å². The molecule has 0 aromatic heterocycles. The number of carbonyl (C=O) groups is 2. The van der Waals surface area contributed by atoms with Crippen molar-refractivity contribution < 1.29 is 19.1 Å². The smallest absolute Gasteiger partial charge is 0.321 e. The number of nitrogens with zero attached hydrogens (tertiary/aromatic N) is 3. The van der Waals surface area contributed by atoms with E-state index < -0.39 is 17.9 Å². The first-order valence-electron chi connectivity index (χ1n) is 11.3. The lowest BCUT2D eigenvalue weighted by atomic mass is 9.90. The number of nitrogens with one attached hydrogen (secondary N) is 1. The van der Waals surface area contributed by atoms with E-state index in [-0.39, 0.29) is 12.5 Å². The summed E-state index contributed by atoms with van der Waals surface area (Å²) in [5.74, 6) is -0.580. The second kappa shape index (κ2) is 9.94. The zero-order valence-corrected chi connectivity index (χ0v) is 19.3. The Balaban J connectivity index is 1.54. The average molecular weight is 451 g/mol. The molecule has 2 aliphatic rings. The van der Waals surface area contributed by atoms with Gasteiger partial charge in [0.25, 0.3) is 0 Å². The Hall–Kier alpha value is -3.55. The van der Waals surface area contributed by atoms with Gasteiger partial charge in [-0.3, -0.25) is 14.9 Å². The summed E-state index contributed by atoms with van der Waals surface area (Å²) in [6, 6.07) is 15.2. The third-order valence-corrected chi connectivity index (χ3v) is 6.04. The van der Waals surface area contributed by atoms with Crippen LogP contribution in [0.1, 0.15) is 24.1 Å². The van der Waals surface area contributed by atoms with E-state index in [1.54, 1.807) is 14.0 Å². The number of hydrogen-bond acceptors (Lipinski definition) is 7. The van der Waals surface area contributed by atoms with Crippen LogP contribution < -0.4 is 15.0 Å². The van der Waals surface area contributed by atoms with E-state index in [0.717, 1.165) is 35.7 Å². The number of anilines is 1. The topological polar surface area (TPSA) is 83.5 Å². The fourth-order valence-electron chi connectivity index (χ4n) is 4.29. The highest BCUT2D eigenvalue weighted by Gasteiger charge is 2.42. The fraction of sp³-hybridized carbons (Fsp3) is 0.400. The minimum Gasteiger partial charge on any atom is -0.497 e. The molecule has 0 aliphatic carbocycles. The third kappa shape index (κ3) is 4.94. The molecule has 174 valence electrons. The Kier molecular flexibility index (Phi) is 6.82. The number of aryl methyl sites for hydroxylation is 1. The van der Waals surface area contributed by atoms with E-state index >= 15 is 0 Å². The Labute approximate surface area is 194 Å². The molecule has 2 heterocycles. The molecule has 2 aliphatic heterocycles. The van der Waals surface area contributed by atoms with Gasteiger partial charge >= 0.3 is 5.97 Å². The van der Waals surface area contributed by atoms with Crippen LogP contribution in [-0.2, 0) is 14.3 Å². The molecule has 2 aromatic rings. The zero-order chi connectivity index (χ0) is 23.4. The van der Waals surface area contributed by atoms with Crippen molar-refractivity contribution in [3.8, 4) is 5.75 Å². The Morgan fingerprint density at radius 2 is 1.79 bits per heavy atom. The van der Waals surface area contributed by atoms with Gasteiger partial charge in [-0.2, -0.15) is 0 Å². The Morgan fingerprint density at radius 1 is 1.09 bits per heavy atom. The molecule has 4 rings (SSSR count). The third-order valence-electron chi connectivity index (χ3n) is 6.04. The van der Waals surface area contributed by atoms with E-state index in [1.165, 1.54) is 0 Å². The average Bonchev–Trinajstić information content (AvgIpc) is 2.84. The maximum absolute atomic E-state index is 13.0. The summed E-state index contributed by atoms with van der Waals surface area (Å²) in [5, 5.41) is 2.86. The number of guanidine groups is 1. The van der Waals surface area contributed by atoms with Gasteiger partial charge in [0.15, 0.2) is 5.92 Å². The number of esters is 1. The lowest BCUT2D eigenvalue weighted by molar-refractivity contribution is -0.153. The number of carbonyl (C=O) groups excluding carboxylic acids is 2. The molecule has 0 radical (unpaired) electrons. The monoisotopic (exact) mass is 450 g/mol. The molecule has 2 aromatic carbocycles. The molecule has 33 heavy (non-hydrogen) atoms. The maximum Gasteiger partial charge on any atom is 0.321 e. The minimum atomic E-state index is -1.00. The highest BCUT2D eigenvalue weighted by Crippen LogP contribution is 2.31. The van der Waals surface area contributed by atoms with Crippen LogP contribution >= 0.6 is 0 Å². The van der Waals surface area contributed by atoms with E-state index in [2.05, 4.69) is 15.1 Å². The van der Waals surface area contributed by atoms with Crippen molar-refractivity contribution in [3.05, 3.63) is 59.7 Å². The molecular formula is C25H30N4O4. The van der Waals surface area contributed by atoms with E-state index in [1.807, 2.05) is 55.5 Å². The molecule has 1 saturated heterocycles. The van der Waals surface area contributed by atoms with Crippen molar-refractivity contribution in [2.24, 2.45) is 10.9 Å². The lowest BCUT2D eigenvalue weighted by Gasteiger charge is -2.39. The first-order valence-corrected chi connectivity index (χ1v) is 11.3. The van der Waals surface area contributed by atoms with Gasteiger partial charge in [0.1, 0.15) is 11.8 Å². The number of piperazine rings is 1. The second-order valence-electron chi connectivity index (χ2n) is 8.20. The molecule has 0 saturated carbocycles.